The maximum atomic E-state index is 10.6. The Morgan fingerprint density at radius 2 is 1.64 bits per heavy atom. The zero-order valence-corrected chi connectivity index (χ0v) is 17.3. The van der Waals surface area contributed by atoms with Crippen molar-refractivity contribution in [3.8, 4) is 0 Å². The van der Waals surface area contributed by atoms with E-state index in [-0.39, 0.29) is 5.41 Å². The van der Waals surface area contributed by atoms with Gasteiger partial charge in [-0.2, -0.15) is 0 Å². The number of carboxylic acids is 1. The molecule has 0 fully saturated rings. The monoisotopic (exact) mass is 344 g/mol. The fourth-order valence-electron chi connectivity index (χ4n) is 2.74. The lowest BCUT2D eigenvalue weighted by Gasteiger charge is -2.34. The van der Waals surface area contributed by atoms with E-state index in [4.69, 9.17) is 5.11 Å². The van der Waals surface area contributed by atoms with Gasteiger partial charge in [-0.3, -0.25) is 0 Å². The van der Waals surface area contributed by atoms with E-state index in [1.165, 1.54) is 17.2 Å². The molecule has 0 heterocycles. The van der Waals surface area contributed by atoms with Crippen LogP contribution < -0.4 is 0 Å². The predicted octanol–water partition coefficient (Wildman–Crippen LogP) is 6.87. The summed E-state index contributed by atoms with van der Waals surface area (Å²) in [6, 6.07) is 0. The van der Waals surface area contributed by atoms with Crippen LogP contribution in [0.25, 0.3) is 0 Å². The molecule has 0 aliphatic carbocycles. The summed E-state index contributed by atoms with van der Waals surface area (Å²) in [6.45, 7) is 17.5. The lowest BCUT2D eigenvalue weighted by Crippen LogP contribution is -2.24. The third-order valence-electron chi connectivity index (χ3n) is 5.11. The average Bonchev–Trinajstić information content (AvgIpc) is 2.52. The highest BCUT2D eigenvalue weighted by Crippen LogP contribution is 2.39. The SMILES string of the molecule is CC/C(C)=C(/C=C/C(C)=C/C=C/C(C)=C/C(=O)O)C(C)(C)C(C)CC. The molecule has 25 heavy (non-hydrogen) atoms. The van der Waals surface area contributed by atoms with Crippen molar-refractivity contribution in [3.63, 3.8) is 0 Å². The summed E-state index contributed by atoms with van der Waals surface area (Å²) < 4.78 is 0. The van der Waals surface area contributed by atoms with Gasteiger partial charge in [0.05, 0.1) is 0 Å². The molecule has 0 aromatic carbocycles. The molecule has 0 radical (unpaired) electrons. The highest BCUT2D eigenvalue weighted by atomic mass is 16.4. The zero-order chi connectivity index (χ0) is 19.6. The molecule has 0 aliphatic heterocycles. The molecule has 0 aliphatic rings. The van der Waals surface area contributed by atoms with Gasteiger partial charge in [0.2, 0.25) is 0 Å². The Hall–Kier alpha value is -1.83. The van der Waals surface area contributed by atoms with Crippen LogP contribution in [0.15, 0.2) is 58.7 Å². The van der Waals surface area contributed by atoms with E-state index >= 15 is 0 Å². The molecule has 1 atom stereocenters. The minimum atomic E-state index is -0.917. The van der Waals surface area contributed by atoms with E-state index < -0.39 is 5.97 Å². The van der Waals surface area contributed by atoms with E-state index in [0.29, 0.717) is 5.92 Å². The fourth-order valence-corrected chi connectivity index (χ4v) is 2.74. The second kappa shape index (κ2) is 10.9. The van der Waals surface area contributed by atoms with E-state index in [9.17, 15) is 4.79 Å². The summed E-state index contributed by atoms with van der Waals surface area (Å²) in [5.41, 5.74) is 4.86. The van der Waals surface area contributed by atoms with Crippen LogP contribution in [0.1, 0.15) is 68.2 Å². The summed E-state index contributed by atoms with van der Waals surface area (Å²) in [6.07, 6.45) is 13.5. The van der Waals surface area contributed by atoms with Crippen LogP contribution >= 0.6 is 0 Å². The molecule has 0 aromatic heterocycles. The standard InChI is InChI=1S/C23H36O2/c1-9-19(5)21(23(7,8)20(6)10-2)15-14-17(3)12-11-13-18(4)16-22(24)25/h11-16,20H,9-10H2,1-8H3,(H,24,25)/b13-11+,15-14+,17-12+,18-16+,21-19-. The lowest BCUT2D eigenvalue weighted by atomic mass is 9.70. The van der Waals surface area contributed by atoms with Gasteiger partial charge in [-0.05, 0) is 49.7 Å². The molecular formula is C23H36O2. The van der Waals surface area contributed by atoms with Crippen LogP contribution in [0, 0.1) is 11.3 Å². The van der Waals surface area contributed by atoms with E-state index in [0.717, 1.165) is 24.0 Å². The van der Waals surface area contributed by atoms with Crippen molar-refractivity contribution in [2.75, 3.05) is 0 Å². The van der Waals surface area contributed by atoms with Gasteiger partial charge in [0.1, 0.15) is 0 Å². The van der Waals surface area contributed by atoms with Crippen LogP contribution in [0.5, 0.6) is 0 Å². The van der Waals surface area contributed by atoms with Gasteiger partial charge in [-0.15, -0.1) is 0 Å². The fraction of sp³-hybridized carbons (Fsp3) is 0.522. The smallest absolute Gasteiger partial charge is 0.328 e. The Kier molecular flexibility index (Phi) is 10.1. The minimum absolute atomic E-state index is 0.141. The van der Waals surface area contributed by atoms with E-state index in [1.807, 2.05) is 18.2 Å². The summed E-state index contributed by atoms with van der Waals surface area (Å²) in [5, 5.41) is 8.71. The van der Waals surface area contributed by atoms with E-state index in [1.54, 1.807) is 6.92 Å². The third-order valence-corrected chi connectivity index (χ3v) is 5.11. The van der Waals surface area contributed by atoms with Crippen LogP contribution in [-0.4, -0.2) is 11.1 Å². The second-order valence-corrected chi connectivity index (χ2v) is 7.41. The Balaban J connectivity index is 5.43. The first-order valence-electron chi connectivity index (χ1n) is 9.20. The number of hydrogen-bond acceptors (Lipinski definition) is 1. The molecule has 0 bridgehead atoms. The molecule has 0 saturated heterocycles. The largest absolute Gasteiger partial charge is 0.478 e. The molecule has 2 heteroatoms. The molecular weight excluding hydrogens is 308 g/mol. The predicted molar refractivity (Wildman–Crippen MR) is 110 cm³/mol. The number of rotatable bonds is 9. The molecule has 2 nitrogen and oxygen atoms in total. The Labute approximate surface area is 154 Å². The lowest BCUT2D eigenvalue weighted by molar-refractivity contribution is -0.131. The summed E-state index contributed by atoms with van der Waals surface area (Å²) >= 11 is 0. The maximum Gasteiger partial charge on any atom is 0.328 e. The van der Waals surface area contributed by atoms with E-state index in [2.05, 4.69) is 60.6 Å². The van der Waals surface area contributed by atoms with Crippen molar-refractivity contribution in [1.82, 2.24) is 0 Å². The van der Waals surface area contributed by atoms with Crippen molar-refractivity contribution in [2.45, 2.75) is 68.2 Å². The van der Waals surface area contributed by atoms with Crippen LogP contribution in [0.3, 0.4) is 0 Å². The van der Waals surface area contributed by atoms with Crippen LogP contribution in [0.4, 0.5) is 0 Å². The minimum Gasteiger partial charge on any atom is -0.478 e. The number of hydrogen-bond donors (Lipinski definition) is 1. The maximum absolute atomic E-state index is 10.6. The van der Waals surface area contributed by atoms with Gasteiger partial charge in [-0.25, -0.2) is 4.79 Å². The van der Waals surface area contributed by atoms with Crippen molar-refractivity contribution in [3.05, 3.63) is 58.7 Å². The molecule has 0 aromatic rings. The van der Waals surface area contributed by atoms with Crippen LogP contribution in [-0.2, 0) is 4.79 Å². The second-order valence-electron chi connectivity index (χ2n) is 7.41. The molecule has 0 amide bonds. The van der Waals surface area contributed by atoms with Gasteiger partial charge in [0.15, 0.2) is 0 Å². The summed E-state index contributed by atoms with van der Waals surface area (Å²) in [5.74, 6) is -0.304. The zero-order valence-electron chi connectivity index (χ0n) is 17.3. The number of aliphatic carboxylic acids is 1. The topological polar surface area (TPSA) is 37.3 Å². The molecule has 0 saturated carbocycles. The van der Waals surface area contributed by atoms with Gasteiger partial charge in [0, 0.05) is 6.08 Å². The Bertz CT molecular complexity index is 596. The normalized spacial score (nSPS) is 16.5. The van der Waals surface area contributed by atoms with Gasteiger partial charge in [-0.1, -0.05) is 82.6 Å². The number of carbonyl (C=O) groups is 1. The molecule has 0 spiro atoms. The number of carboxylic acid groups (broad SMARTS) is 1. The quantitative estimate of drug-likeness (QED) is 0.366. The first kappa shape index (κ1) is 23.2. The summed E-state index contributed by atoms with van der Waals surface area (Å²) in [4.78, 5) is 10.6. The Morgan fingerprint density at radius 3 is 2.12 bits per heavy atom. The van der Waals surface area contributed by atoms with Gasteiger partial charge in [0.25, 0.3) is 0 Å². The van der Waals surface area contributed by atoms with Crippen molar-refractivity contribution in [2.24, 2.45) is 11.3 Å². The number of allylic oxidation sites excluding steroid dienone is 9. The summed E-state index contributed by atoms with van der Waals surface area (Å²) in [7, 11) is 0. The molecule has 140 valence electrons. The Morgan fingerprint density at radius 1 is 1.04 bits per heavy atom. The highest BCUT2D eigenvalue weighted by Gasteiger charge is 2.28. The molecule has 0 rings (SSSR count). The third kappa shape index (κ3) is 8.20. The van der Waals surface area contributed by atoms with Gasteiger partial charge < -0.3 is 5.11 Å². The average molecular weight is 345 g/mol. The van der Waals surface area contributed by atoms with Crippen LogP contribution in [0.2, 0.25) is 0 Å². The van der Waals surface area contributed by atoms with Crippen molar-refractivity contribution in [1.29, 1.82) is 0 Å². The highest BCUT2D eigenvalue weighted by molar-refractivity contribution is 5.81. The first-order valence-corrected chi connectivity index (χ1v) is 9.20. The molecule has 1 N–H and O–H groups in total. The van der Waals surface area contributed by atoms with Crippen molar-refractivity contribution >= 4 is 5.97 Å². The molecule has 1 unspecified atom stereocenters. The first-order chi connectivity index (χ1) is 11.6. The van der Waals surface area contributed by atoms with Gasteiger partial charge >= 0.3 is 5.97 Å². The van der Waals surface area contributed by atoms with Crippen molar-refractivity contribution < 1.29 is 9.90 Å².